The summed E-state index contributed by atoms with van der Waals surface area (Å²) in [5.41, 5.74) is 0.791. The van der Waals surface area contributed by atoms with E-state index < -0.39 is 0 Å². The molecule has 0 aliphatic carbocycles. The molecule has 122 valence electrons. The van der Waals surface area contributed by atoms with Crippen LogP contribution in [0.4, 0.5) is 4.39 Å². The Morgan fingerprint density at radius 2 is 1.65 bits per heavy atom. The molecule has 0 atom stereocenters. The third-order valence-corrected chi connectivity index (χ3v) is 3.45. The lowest BCUT2D eigenvalue weighted by molar-refractivity contribution is -0.129. The first kappa shape index (κ1) is 16.8. The highest BCUT2D eigenvalue weighted by Gasteiger charge is 2.09. The number of halogens is 1. The molecule has 0 heterocycles. The highest BCUT2D eigenvalue weighted by molar-refractivity contribution is 5.78. The van der Waals surface area contributed by atoms with Crippen molar-refractivity contribution in [3.05, 3.63) is 59.9 Å². The van der Waals surface area contributed by atoms with Crippen LogP contribution >= 0.6 is 0 Å². The van der Waals surface area contributed by atoms with E-state index in [-0.39, 0.29) is 18.1 Å². The van der Waals surface area contributed by atoms with Gasteiger partial charge in [-0.25, -0.2) is 4.39 Å². The molecule has 0 bridgehead atoms. The van der Waals surface area contributed by atoms with Crippen molar-refractivity contribution in [2.75, 3.05) is 27.3 Å². The number of likely N-dealkylation sites (N-methyl/N-ethyl adjacent to an activating group) is 1. The van der Waals surface area contributed by atoms with Crippen molar-refractivity contribution < 1.29 is 18.7 Å². The predicted molar refractivity (Wildman–Crippen MR) is 86.2 cm³/mol. The van der Waals surface area contributed by atoms with Gasteiger partial charge in [0.15, 0.2) is 0 Å². The Morgan fingerprint density at radius 1 is 1.04 bits per heavy atom. The van der Waals surface area contributed by atoms with E-state index in [4.69, 9.17) is 9.47 Å². The number of benzene rings is 2. The van der Waals surface area contributed by atoms with Crippen molar-refractivity contribution >= 4 is 5.91 Å². The Kier molecular flexibility index (Phi) is 5.97. The number of amides is 1. The summed E-state index contributed by atoms with van der Waals surface area (Å²) in [4.78, 5) is 13.7. The number of nitrogens with zero attached hydrogens (tertiary/aromatic N) is 1. The number of ether oxygens (including phenoxy) is 2. The average molecular weight is 317 g/mol. The second-order valence-corrected chi connectivity index (χ2v) is 5.14. The van der Waals surface area contributed by atoms with Gasteiger partial charge in [-0.1, -0.05) is 12.1 Å². The standard InChI is InChI=1S/C18H20FNO3/c1-20(18(21)13-14-3-5-15(19)6-4-14)11-12-23-17-9-7-16(22-2)8-10-17/h3-10H,11-13H2,1-2H3. The molecule has 2 aromatic carbocycles. The quantitative estimate of drug-likeness (QED) is 0.788. The maximum Gasteiger partial charge on any atom is 0.226 e. The summed E-state index contributed by atoms with van der Waals surface area (Å²) in [7, 11) is 3.33. The summed E-state index contributed by atoms with van der Waals surface area (Å²) >= 11 is 0. The van der Waals surface area contributed by atoms with Gasteiger partial charge in [0.1, 0.15) is 23.9 Å². The minimum absolute atomic E-state index is 0.0325. The van der Waals surface area contributed by atoms with E-state index in [0.717, 1.165) is 17.1 Å². The lowest BCUT2D eigenvalue weighted by atomic mass is 10.1. The van der Waals surface area contributed by atoms with E-state index in [1.807, 2.05) is 24.3 Å². The molecule has 0 saturated carbocycles. The molecule has 0 aromatic heterocycles. The zero-order chi connectivity index (χ0) is 16.7. The monoisotopic (exact) mass is 317 g/mol. The molecule has 0 radical (unpaired) electrons. The third kappa shape index (κ3) is 5.29. The van der Waals surface area contributed by atoms with Crippen LogP contribution in [0.3, 0.4) is 0 Å². The molecule has 0 unspecified atom stereocenters. The van der Waals surface area contributed by atoms with Gasteiger partial charge in [-0.05, 0) is 42.0 Å². The summed E-state index contributed by atoms with van der Waals surface area (Å²) in [5, 5.41) is 0. The first-order valence-electron chi connectivity index (χ1n) is 7.34. The Morgan fingerprint density at radius 3 is 2.26 bits per heavy atom. The van der Waals surface area contributed by atoms with Crippen LogP contribution in [-0.2, 0) is 11.2 Å². The molecule has 4 nitrogen and oxygen atoms in total. The normalized spacial score (nSPS) is 10.2. The molecule has 0 saturated heterocycles. The Hall–Kier alpha value is -2.56. The maximum absolute atomic E-state index is 12.8. The van der Waals surface area contributed by atoms with Gasteiger partial charge in [-0.3, -0.25) is 4.79 Å². The Labute approximate surface area is 135 Å². The predicted octanol–water partition coefficient (Wildman–Crippen LogP) is 2.91. The number of rotatable bonds is 7. The first-order valence-corrected chi connectivity index (χ1v) is 7.34. The zero-order valence-electron chi connectivity index (χ0n) is 13.3. The summed E-state index contributed by atoms with van der Waals surface area (Å²) in [6.07, 6.45) is 0.249. The van der Waals surface area contributed by atoms with Crippen molar-refractivity contribution in [1.29, 1.82) is 0 Å². The van der Waals surface area contributed by atoms with Crippen LogP contribution in [0.2, 0.25) is 0 Å². The van der Waals surface area contributed by atoms with Gasteiger partial charge < -0.3 is 14.4 Å². The Bertz CT molecular complexity index is 626. The zero-order valence-corrected chi connectivity index (χ0v) is 13.3. The summed E-state index contributed by atoms with van der Waals surface area (Å²) in [5.74, 6) is 1.16. The number of carbonyl (C=O) groups is 1. The minimum atomic E-state index is -0.303. The summed E-state index contributed by atoms with van der Waals surface area (Å²) in [6, 6.07) is 13.2. The largest absolute Gasteiger partial charge is 0.497 e. The molecule has 0 N–H and O–H groups in total. The number of methoxy groups -OCH3 is 1. The van der Waals surface area contributed by atoms with E-state index in [1.165, 1.54) is 12.1 Å². The first-order chi connectivity index (χ1) is 11.1. The van der Waals surface area contributed by atoms with Crippen molar-refractivity contribution in [3.8, 4) is 11.5 Å². The topological polar surface area (TPSA) is 38.8 Å². The van der Waals surface area contributed by atoms with E-state index >= 15 is 0 Å². The number of hydrogen-bond donors (Lipinski definition) is 0. The Balaban J connectivity index is 1.75. The molecule has 2 aromatic rings. The SMILES string of the molecule is COc1ccc(OCCN(C)C(=O)Cc2ccc(F)cc2)cc1. The molecule has 0 aliphatic heterocycles. The van der Waals surface area contributed by atoms with Gasteiger partial charge >= 0.3 is 0 Å². The van der Waals surface area contributed by atoms with Gasteiger partial charge in [0.25, 0.3) is 0 Å². The van der Waals surface area contributed by atoms with Gasteiger partial charge in [0, 0.05) is 7.05 Å². The van der Waals surface area contributed by atoms with Crippen molar-refractivity contribution in [2.24, 2.45) is 0 Å². The second-order valence-electron chi connectivity index (χ2n) is 5.14. The van der Waals surface area contributed by atoms with Gasteiger partial charge in [0.05, 0.1) is 20.1 Å². The van der Waals surface area contributed by atoms with Crippen LogP contribution < -0.4 is 9.47 Å². The van der Waals surface area contributed by atoms with Crippen LogP contribution in [0.15, 0.2) is 48.5 Å². The van der Waals surface area contributed by atoms with Gasteiger partial charge in [-0.2, -0.15) is 0 Å². The van der Waals surface area contributed by atoms with Crippen molar-refractivity contribution in [3.63, 3.8) is 0 Å². The van der Waals surface area contributed by atoms with Crippen molar-refractivity contribution in [2.45, 2.75) is 6.42 Å². The molecule has 1 amide bonds. The van der Waals surface area contributed by atoms with Crippen LogP contribution in [0, 0.1) is 5.82 Å². The number of carbonyl (C=O) groups excluding carboxylic acids is 1. The van der Waals surface area contributed by atoms with E-state index in [1.54, 1.807) is 31.2 Å². The van der Waals surface area contributed by atoms with Crippen LogP contribution in [0.5, 0.6) is 11.5 Å². The van der Waals surface area contributed by atoms with Crippen molar-refractivity contribution in [1.82, 2.24) is 4.90 Å². The molecule has 5 heteroatoms. The van der Waals surface area contributed by atoms with E-state index in [2.05, 4.69) is 0 Å². The lowest BCUT2D eigenvalue weighted by Crippen LogP contribution is -2.32. The molecular weight excluding hydrogens is 297 g/mol. The molecule has 23 heavy (non-hydrogen) atoms. The minimum Gasteiger partial charge on any atom is -0.497 e. The van der Waals surface area contributed by atoms with Gasteiger partial charge in [0.2, 0.25) is 5.91 Å². The molecule has 0 fully saturated rings. The molecule has 0 spiro atoms. The summed E-state index contributed by atoms with van der Waals surface area (Å²) < 4.78 is 23.5. The lowest BCUT2D eigenvalue weighted by Gasteiger charge is -2.17. The fourth-order valence-corrected chi connectivity index (χ4v) is 2.01. The highest BCUT2D eigenvalue weighted by Crippen LogP contribution is 2.16. The maximum atomic E-state index is 12.8. The highest BCUT2D eigenvalue weighted by atomic mass is 19.1. The van der Waals surface area contributed by atoms with Gasteiger partial charge in [-0.15, -0.1) is 0 Å². The fourth-order valence-electron chi connectivity index (χ4n) is 2.01. The number of hydrogen-bond acceptors (Lipinski definition) is 3. The van der Waals surface area contributed by atoms with Crippen LogP contribution in [0.25, 0.3) is 0 Å². The van der Waals surface area contributed by atoms with E-state index in [9.17, 15) is 9.18 Å². The van der Waals surface area contributed by atoms with Crippen LogP contribution in [0.1, 0.15) is 5.56 Å². The molecular formula is C18H20FNO3. The average Bonchev–Trinajstić information content (AvgIpc) is 2.57. The second kappa shape index (κ2) is 8.17. The molecule has 0 aliphatic rings. The summed E-state index contributed by atoms with van der Waals surface area (Å²) in [6.45, 7) is 0.879. The third-order valence-electron chi connectivity index (χ3n) is 3.45. The molecule has 2 rings (SSSR count). The fraction of sp³-hybridized carbons (Fsp3) is 0.278. The van der Waals surface area contributed by atoms with E-state index in [0.29, 0.717) is 13.2 Å². The van der Waals surface area contributed by atoms with Crippen LogP contribution in [-0.4, -0.2) is 38.1 Å². The smallest absolute Gasteiger partial charge is 0.226 e.